The second-order valence-electron chi connectivity index (χ2n) is 12.9. The summed E-state index contributed by atoms with van der Waals surface area (Å²) in [5, 5.41) is 10.5. The number of rotatable bonds is 1. The van der Waals surface area contributed by atoms with Gasteiger partial charge in [-0.1, -0.05) is 117 Å². The van der Waals surface area contributed by atoms with Crippen molar-refractivity contribution in [2.75, 3.05) is 4.90 Å². The maximum absolute atomic E-state index is 6.34. The summed E-state index contributed by atoms with van der Waals surface area (Å²) in [6.07, 6.45) is 0. The van der Waals surface area contributed by atoms with Gasteiger partial charge in [0.05, 0.1) is 11.4 Å². The SMILES string of the molecule is CC1(C)c2ccccc2-c2c1c1c3ccccc3c3cc(N4c5ccccc5Oc5ccccc54)ccc3c1c1ccccc21. The van der Waals surface area contributed by atoms with Crippen LogP contribution >= 0.6 is 0 Å². The highest BCUT2D eigenvalue weighted by molar-refractivity contribution is 6.35. The van der Waals surface area contributed by atoms with Crippen LogP contribution in [-0.4, -0.2) is 0 Å². The molecule has 8 aromatic rings. The number of anilines is 3. The number of benzene rings is 8. The lowest BCUT2D eigenvalue weighted by molar-refractivity contribution is 0.477. The molecule has 1 aliphatic heterocycles. The van der Waals surface area contributed by atoms with E-state index in [1.54, 1.807) is 0 Å². The quantitative estimate of drug-likeness (QED) is 0.181. The minimum Gasteiger partial charge on any atom is -0.453 e. The maximum Gasteiger partial charge on any atom is 0.151 e. The van der Waals surface area contributed by atoms with Crippen LogP contribution in [0.1, 0.15) is 25.0 Å². The van der Waals surface area contributed by atoms with Gasteiger partial charge in [0.15, 0.2) is 11.5 Å². The van der Waals surface area contributed by atoms with Gasteiger partial charge in [-0.25, -0.2) is 0 Å². The summed E-state index contributed by atoms with van der Waals surface area (Å²) in [6.45, 7) is 4.81. The molecule has 45 heavy (non-hydrogen) atoms. The van der Waals surface area contributed by atoms with Gasteiger partial charge in [-0.15, -0.1) is 0 Å². The highest BCUT2D eigenvalue weighted by Crippen LogP contribution is 2.57. The topological polar surface area (TPSA) is 12.5 Å². The average molecular weight is 576 g/mol. The van der Waals surface area contributed by atoms with Gasteiger partial charge in [0.1, 0.15) is 0 Å². The first kappa shape index (κ1) is 24.8. The molecule has 10 rings (SSSR count). The molecular weight excluding hydrogens is 546 g/mol. The van der Waals surface area contributed by atoms with Gasteiger partial charge in [0.25, 0.3) is 0 Å². The van der Waals surface area contributed by atoms with Gasteiger partial charge >= 0.3 is 0 Å². The fraction of sp³-hybridized carbons (Fsp3) is 0.0698. The number of nitrogens with zero attached hydrogens (tertiary/aromatic N) is 1. The first-order valence-electron chi connectivity index (χ1n) is 15.7. The van der Waals surface area contributed by atoms with Crippen molar-refractivity contribution in [1.82, 2.24) is 0 Å². The van der Waals surface area contributed by atoms with E-state index in [4.69, 9.17) is 4.74 Å². The molecule has 0 unspecified atom stereocenters. The largest absolute Gasteiger partial charge is 0.453 e. The molecule has 0 spiro atoms. The van der Waals surface area contributed by atoms with Crippen LogP contribution in [0.15, 0.2) is 140 Å². The summed E-state index contributed by atoms with van der Waals surface area (Å²) >= 11 is 0. The molecule has 0 saturated carbocycles. The van der Waals surface area contributed by atoms with E-state index < -0.39 is 0 Å². The van der Waals surface area contributed by atoms with Crippen molar-refractivity contribution in [2.45, 2.75) is 19.3 Å². The van der Waals surface area contributed by atoms with Crippen LogP contribution in [0.5, 0.6) is 11.5 Å². The van der Waals surface area contributed by atoms with Crippen molar-refractivity contribution >= 4 is 60.2 Å². The number of ether oxygens (including phenoxy) is 1. The number of fused-ring (bicyclic) bond motifs is 15. The Hall–Kier alpha value is -5.60. The summed E-state index contributed by atoms with van der Waals surface area (Å²) < 4.78 is 6.34. The van der Waals surface area contributed by atoms with Crippen LogP contribution in [0.3, 0.4) is 0 Å². The predicted octanol–water partition coefficient (Wildman–Crippen LogP) is 12.2. The third-order valence-corrected chi connectivity index (χ3v) is 10.2. The Bertz CT molecular complexity index is 2510. The van der Waals surface area contributed by atoms with Crippen LogP contribution in [0.25, 0.3) is 54.2 Å². The van der Waals surface area contributed by atoms with Gasteiger partial charge in [-0.3, -0.25) is 0 Å². The third-order valence-electron chi connectivity index (χ3n) is 10.2. The van der Waals surface area contributed by atoms with Gasteiger partial charge in [0, 0.05) is 11.1 Å². The zero-order valence-electron chi connectivity index (χ0n) is 25.1. The Labute approximate surface area is 261 Å². The average Bonchev–Trinajstić information content (AvgIpc) is 3.33. The zero-order chi connectivity index (χ0) is 29.9. The second kappa shape index (κ2) is 8.74. The van der Waals surface area contributed by atoms with E-state index in [0.29, 0.717) is 0 Å². The monoisotopic (exact) mass is 575 g/mol. The minimum absolute atomic E-state index is 0.133. The van der Waals surface area contributed by atoms with Crippen LogP contribution < -0.4 is 9.64 Å². The molecule has 0 bridgehead atoms. The lowest BCUT2D eigenvalue weighted by Crippen LogP contribution is -2.16. The molecule has 8 aromatic carbocycles. The Morgan fingerprint density at radius 1 is 0.489 bits per heavy atom. The zero-order valence-corrected chi connectivity index (χ0v) is 25.1. The lowest BCUT2D eigenvalue weighted by atomic mass is 9.77. The molecule has 2 heteroatoms. The van der Waals surface area contributed by atoms with Crippen LogP contribution in [-0.2, 0) is 5.41 Å². The van der Waals surface area contributed by atoms with Gasteiger partial charge in [-0.2, -0.15) is 0 Å². The fourth-order valence-electron chi connectivity index (χ4n) is 8.30. The maximum atomic E-state index is 6.34. The van der Waals surface area contributed by atoms with E-state index in [-0.39, 0.29) is 5.41 Å². The summed E-state index contributed by atoms with van der Waals surface area (Å²) in [5.74, 6) is 1.73. The summed E-state index contributed by atoms with van der Waals surface area (Å²) in [5.41, 5.74) is 8.67. The standard InChI is InChI=1S/C43H29NO/c1-43(2)34-18-8-7-17-32(34)40-30-16-6-5-15-29(30)39-31-24-23-26(25-33(31)27-13-3-4-14-28(27)41(39)42(40)43)44-35-19-9-11-21-37(35)45-38-22-12-10-20-36(38)44/h3-25H,1-2H3. The molecule has 2 aliphatic rings. The van der Waals surface area contributed by atoms with E-state index in [9.17, 15) is 0 Å². The first-order valence-corrected chi connectivity index (χ1v) is 15.7. The molecule has 212 valence electrons. The van der Waals surface area contributed by atoms with Crippen molar-refractivity contribution < 1.29 is 4.74 Å². The Morgan fingerprint density at radius 2 is 1.04 bits per heavy atom. The van der Waals surface area contributed by atoms with Crippen molar-refractivity contribution in [2.24, 2.45) is 0 Å². The number of para-hydroxylation sites is 4. The first-order chi connectivity index (χ1) is 22.1. The van der Waals surface area contributed by atoms with Crippen molar-refractivity contribution in [3.8, 4) is 22.6 Å². The third kappa shape index (κ3) is 3.18. The van der Waals surface area contributed by atoms with E-state index in [1.807, 2.05) is 12.1 Å². The Kier molecular flexibility index (Phi) is 4.82. The molecule has 0 fully saturated rings. The molecule has 0 N–H and O–H groups in total. The molecule has 0 amide bonds. The molecule has 0 aromatic heterocycles. The Balaban J connectivity index is 1.37. The summed E-state index contributed by atoms with van der Waals surface area (Å²) in [4.78, 5) is 2.34. The highest BCUT2D eigenvalue weighted by Gasteiger charge is 2.39. The number of hydrogen-bond donors (Lipinski definition) is 0. The van der Waals surface area contributed by atoms with Crippen molar-refractivity contribution in [3.05, 3.63) is 151 Å². The molecular formula is C43H29NO. The van der Waals surface area contributed by atoms with E-state index >= 15 is 0 Å². The van der Waals surface area contributed by atoms with Crippen molar-refractivity contribution in [3.63, 3.8) is 0 Å². The van der Waals surface area contributed by atoms with Gasteiger partial charge < -0.3 is 9.64 Å². The highest BCUT2D eigenvalue weighted by atomic mass is 16.5. The molecule has 2 nitrogen and oxygen atoms in total. The van der Waals surface area contributed by atoms with Crippen molar-refractivity contribution in [1.29, 1.82) is 0 Å². The number of hydrogen-bond acceptors (Lipinski definition) is 2. The van der Waals surface area contributed by atoms with Crippen LogP contribution in [0, 0.1) is 0 Å². The lowest BCUT2D eigenvalue weighted by Gasteiger charge is -2.33. The van der Waals surface area contributed by atoms with Crippen LogP contribution in [0.2, 0.25) is 0 Å². The molecule has 0 saturated heterocycles. The smallest absolute Gasteiger partial charge is 0.151 e. The summed E-state index contributed by atoms with van der Waals surface area (Å²) in [7, 11) is 0. The minimum atomic E-state index is -0.133. The fourth-order valence-corrected chi connectivity index (χ4v) is 8.30. The molecule has 1 heterocycles. The molecule has 0 radical (unpaired) electrons. The molecule has 0 atom stereocenters. The van der Waals surface area contributed by atoms with E-state index in [1.165, 1.54) is 65.3 Å². The molecule has 1 aliphatic carbocycles. The van der Waals surface area contributed by atoms with E-state index in [2.05, 4.69) is 146 Å². The second-order valence-corrected chi connectivity index (χ2v) is 12.9. The predicted molar refractivity (Wildman–Crippen MR) is 189 cm³/mol. The normalized spacial score (nSPS) is 14.3. The van der Waals surface area contributed by atoms with E-state index in [0.717, 1.165) is 28.6 Å². The Morgan fingerprint density at radius 3 is 1.78 bits per heavy atom. The van der Waals surface area contributed by atoms with Crippen LogP contribution in [0.4, 0.5) is 17.1 Å². The van der Waals surface area contributed by atoms with Gasteiger partial charge in [0.2, 0.25) is 0 Å². The van der Waals surface area contributed by atoms with Gasteiger partial charge in [-0.05, 0) is 102 Å². The summed E-state index contributed by atoms with van der Waals surface area (Å²) in [6, 6.07) is 50.7.